The fourth-order valence-corrected chi connectivity index (χ4v) is 5.81. The number of urea groups is 1. The van der Waals surface area contributed by atoms with Crippen LogP contribution in [0.15, 0.2) is 48.8 Å². The maximum absolute atomic E-state index is 14.0. The van der Waals surface area contributed by atoms with Gasteiger partial charge in [0.05, 0.1) is 12.2 Å². The van der Waals surface area contributed by atoms with E-state index in [1.54, 1.807) is 27.9 Å². The third-order valence-corrected chi connectivity index (χ3v) is 8.05. The normalized spacial score (nSPS) is 23.7. The summed E-state index contributed by atoms with van der Waals surface area (Å²) in [6, 6.07) is 8.84. The second-order valence-electron chi connectivity index (χ2n) is 10.6. The number of hydrogen-bond acceptors (Lipinski definition) is 6. The van der Waals surface area contributed by atoms with E-state index in [1.165, 1.54) is 12.1 Å². The van der Waals surface area contributed by atoms with E-state index in [0.29, 0.717) is 22.6 Å². The van der Waals surface area contributed by atoms with Gasteiger partial charge in [0.15, 0.2) is 5.54 Å². The van der Waals surface area contributed by atoms with Gasteiger partial charge in [-0.15, -0.1) is 0 Å². The fourth-order valence-electron chi connectivity index (χ4n) is 5.81. The molecule has 2 aromatic carbocycles. The number of aromatic nitrogens is 2. The molecular weight excluding hydrogens is 505 g/mol. The predicted octanol–water partition coefficient (Wildman–Crippen LogP) is 2.57. The van der Waals surface area contributed by atoms with Gasteiger partial charge in [0.1, 0.15) is 37.1 Å². The molecule has 1 spiro atoms. The monoisotopic (exact) mass is 531 g/mol. The van der Waals surface area contributed by atoms with Crippen LogP contribution in [0.2, 0.25) is 0 Å². The molecule has 39 heavy (non-hydrogen) atoms. The van der Waals surface area contributed by atoms with Gasteiger partial charge >= 0.3 is 6.03 Å². The number of halogens is 1. The highest BCUT2D eigenvalue weighted by atomic mass is 19.1. The Morgan fingerprint density at radius 1 is 1.13 bits per heavy atom. The van der Waals surface area contributed by atoms with Gasteiger partial charge in [0, 0.05) is 36.5 Å². The van der Waals surface area contributed by atoms with Gasteiger partial charge in [-0.05, 0) is 48.6 Å². The van der Waals surface area contributed by atoms with Crippen molar-refractivity contribution in [1.82, 2.24) is 24.9 Å². The fraction of sp³-hybridized carbons (Fsp3) is 0.357. The Labute approximate surface area is 223 Å². The molecule has 200 valence electrons. The van der Waals surface area contributed by atoms with Crippen LogP contribution in [-0.2, 0) is 28.7 Å². The molecular formula is C28H26FN5O5. The Morgan fingerprint density at radius 3 is 2.74 bits per heavy atom. The van der Waals surface area contributed by atoms with Crippen molar-refractivity contribution in [2.24, 2.45) is 13.0 Å². The summed E-state index contributed by atoms with van der Waals surface area (Å²) in [6.45, 7) is -0.0725. The van der Waals surface area contributed by atoms with Crippen molar-refractivity contribution >= 4 is 17.8 Å². The molecule has 1 saturated carbocycles. The topological polar surface area (TPSA) is 106 Å². The molecule has 0 bridgehead atoms. The molecule has 0 unspecified atom stereocenters. The summed E-state index contributed by atoms with van der Waals surface area (Å²) in [7, 11) is 1.83. The average Bonchev–Trinajstić information content (AvgIpc) is 3.55. The first-order chi connectivity index (χ1) is 18.8. The highest BCUT2D eigenvalue weighted by molar-refractivity contribution is 6.10. The minimum atomic E-state index is -1.40. The Hall–Kier alpha value is -4.41. The summed E-state index contributed by atoms with van der Waals surface area (Å²) in [5.41, 5.74) is 1.48. The summed E-state index contributed by atoms with van der Waals surface area (Å²) in [6.07, 6.45) is 5.53. The minimum absolute atomic E-state index is 0.0665. The molecule has 1 N–H and O–H groups in total. The Kier molecular flexibility index (Phi) is 5.19. The van der Waals surface area contributed by atoms with E-state index in [9.17, 15) is 18.8 Å². The van der Waals surface area contributed by atoms with Crippen molar-refractivity contribution in [3.05, 3.63) is 65.7 Å². The van der Waals surface area contributed by atoms with Gasteiger partial charge in [-0.25, -0.2) is 9.18 Å². The third kappa shape index (κ3) is 3.83. The third-order valence-electron chi connectivity index (χ3n) is 8.05. The first-order valence-electron chi connectivity index (χ1n) is 12.9. The summed E-state index contributed by atoms with van der Waals surface area (Å²) in [4.78, 5) is 43.0. The molecule has 1 saturated heterocycles. The van der Waals surface area contributed by atoms with Crippen LogP contribution in [0.5, 0.6) is 11.5 Å². The smallest absolute Gasteiger partial charge is 0.325 e. The number of fused-ring (bicyclic) bond motifs is 3. The molecule has 0 radical (unpaired) electrons. The lowest BCUT2D eigenvalue weighted by Gasteiger charge is -2.30. The largest absolute Gasteiger partial charge is 0.491 e. The van der Waals surface area contributed by atoms with Gasteiger partial charge in [0.2, 0.25) is 5.91 Å². The summed E-state index contributed by atoms with van der Waals surface area (Å²) in [5, 5.41) is 6.98. The van der Waals surface area contributed by atoms with Crippen molar-refractivity contribution in [3.63, 3.8) is 0 Å². The maximum atomic E-state index is 14.0. The maximum Gasteiger partial charge on any atom is 0.325 e. The molecule has 3 aromatic rings. The van der Waals surface area contributed by atoms with Crippen LogP contribution in [0.1, 0.15) is 24.0 Å². The van der Waals surface area contributed by atoms with E-state index in [2.05, 4.69) is 10.4 Å². The molecule has 2 fully saturated rings. The molecule has 3 aliphatic heterocycles. The average molecular weight is 532 g/mol. The number of carbonyl (C=O) groups is 3. The molecule has 2 atom stereocenters. The van der Waals surface area contributed by atoms with Gasteiger partial charge < -0.3 is 19.7 Å². The van der Waals surface area contributed by atoms with Crippen LogP contribution >= 0.6 is 0 Å². The van der Waals surface area contributed by atoms with E-state index < -0.39 is 29.8 Å². The first-order valence-corrected chi connectivity index (χ1v) is 12.9. The number of rotatable bonds is 4. The highest BCUT2D eigenvalue weighted by Gasteiger charge is 2.58. The quantitative estimate of drug-likeness (QED) is 0.519. The molecule has 4 amide bonds. The van der Waals surface area contributed by atoms with E-state index in [-0.39, 0.29) is 37.6 Å². The zero-order chi connectivity index (χ0) is 26.9. The Balaban J connectivity index is 1.14. The van der Waals surface area contributed by atoms with Crippen LogP contribution < -0.4 is 14.8 Å². The van der Waals surface area contributed by atoms with E-state index in [0.717, 1.165) is 28.9 Å². The number of carbonyl (C=O) groups excluding carboxylic acids is 3. The van der Waals surface area contributed by atoms with E-state index in [4.69, 9.17) is 9.47 Å². The number of amides is 4. The zero-order valence-corrected chi connectivity index (χ0v) is 21.2. The predicted molar refractivity (Wildman–Crippen MR) is 135 cm³/mol. The lowest BCUT2D eigenvalue weighted by molar-refractivity contribution is -0.141. The van der Waals surface area contributed by atoms with E-state index >= 15 is 0 Å². The van der Waals surface area contributed by atoms with Crippen LogP contribution in [0.4, 0.5) is 9.18 Å². The van der Waals surface area contributed by atoms with Gasteiger partial charge in [0.25, 0.3) is 5.91 Å². The number of nitrogens with zero attached hydrogens (tertiary/aromatic N) is 4. The standard InChI is InChI=1S/C28H26FN5O5/c1-32-11-19(10-30-32)17-4-6-21-24(9-17)39-15-28(21)26(36)34(27(37)31-28)13-25(35)33-12-18-8-20(29)5-7-23(18)38-14-22(33)16-2-3-16/h4-11,16,22H,2-3,12-15H2,1H3,(H,31,37)/t22-,28+/m0/s1. The first kappa shape index (κ1) is 23.7. The van der Waals surface area contributed by atoms with Gasteiger partial charge in [-0.3, -0.25) is 19.2 Å². The van der Waals surface area contributed by atoms with Crippen molar-refractivity contribution in [2.45, 2.75) is 31.0 Å². The minimum Gasteiger partial charge on any atom is -0.491 e. The van der Waals surface area contributed by atoms with Crippen LogP contribution in [0.3, 0.4) is 0 Å². The number of nitrogens with one attached hydrogen (secondary N) is 1. The number of benzene rings is 2. The van der Waals surface area contributed by atoms with Crippen molar-refractivity contribution in [2.75, 3.05) is 19.8 Å². The summed E-state index contributed by atoms with van der Waals surface area (Å²) < 4.78 is 27.5. The lowest BCUT2D eigenvalue weighted by atomic mass is 9.90. The molecule has 4 aliphatic rings. The SMILES string of the molecule is Cn1cc(-c2ccc3c(c2)OC[C@@]32NC(=O)N(CC(=O)N3Cc4cc(F)ccc4OC[C@H]3C3CC3)C2=O)cn1. The Morgan fingerprint density at radius 2 is 1.97 bits per heavy atom. The second-order valence-corrected chi connectivity index (χ2v) is 10.6. The van der Waals surface area contributed by atoms with Crippen molar-refractivity contribution in [1.29, 1.82) is 0 Å². The molecule has 1 aliphatic carbocycles. The molecule has 11 heteroatoms. The molecule has 1 aromatic heterocycles. The van der Waals surface area contributed by atoms with Crippen molar-refractivity contribution < 1.29 is 28.2 Å². The van der Waals surface area contributed by atoms with Crippen molar-refractivity contribution in [3.8, 4) is 22.6 Å². The summed E-state index contributed by atoms with van der Waals surface area (Å²) in [5.74, 6) is -0.0377. The molecule has 10 nitrogen and oxygen atoms in total. The number of imide groups is 1. The van der Waals surface area contributed by atoms with Crippen LogP contribution in [0, 0.1) is 11.7 Å². The lowest BCUT2D eigenvalue weighted by Crippen LogP contribution is -2.49. The number of aryl methyl sites for hydroxylation is 1. The molecule has 4 heterocycles. The second kappa shape index (κ2) is 8.55. The van der Waals surface area contributed by atoms with Gasteiger partial charge in [-0.1, -0.05) is 12.1 Å². The van der Waals surface area contributed by atoms with Gasteiger partial charge in [-0.2, -0.15) is 5.10 Å². The zero-order valence-electron chi connectivity index (χ0n) is 21.2. The van der Waals surface area contributed by atoms with Crippen LogP contribution in [-0.4, -0.2) is 63.2 Å². The number of hydrogen-bond donors (Lipinski definition) is 1. The highest BCUT2D eigenvalue weighted by Crippen LogP contribution is 2.43. The van der Waals surface area contributed by atoms with E-state index in [1.807, 2.05) is 25.4 Å². The van der Waals surface area contributed by atoms with Crippen LogP contribution in [0.25, 0.3) is 11.1 Å². The summed E-state index contributed by atoms with van der Waals surface area (Å²) >= 11 is 0. The number of ether oxygens (including phenoxy) is 2. The Bertz CT molecular complexity index is 1530. The molecule has 7 rings (SSSR count).